The second kappa shape index (κ2) is 6.84. The highest BCUT2D eigenvalue weighted by molar-refractivity contribution is 8.13. The van der Waals surface area contributed by atoms with Gasteiger partial charge in [0.15, 0.2) is 6.54 Å². The first kappa shape index (κ1) is 18.3. The van der Waals surface area contributed by atoms with Gasteiger partial charge >= 0.3 is 5.17 Å². The molecule has 2 aromatic rings. The van der Waals surface area contributed by atoms with Crippen LogP contribution in [-0.2, 0) is 5.72 Å². The third kappa shape index (κ3) is 3.01. The molecular formula is C21H24FN2O2S+. The molecule has 142 valence electrons. The van der Waals surface area contributed by atoms with Crippen molar-refractivity contribution < 1.29 is 18.8 Å². The molecule has 1 N–H and O–H groups in total. The molecule has 2 heterocycles. The Labute approximate surface area is 163 Å². The van der Waals surface area contributed by atoms with Crippen molar-refractivity contribution >= 4 is 22.6 Å². The normalized spacial score (nSPS) is 22.2. The highest BCUT2D eigenvalue weighted by Gasteiger charge is 2.54. The Balaban J connectivity index is 1.84. The lowest BCUT2D eigenvalue weighted by Gasteiger charge is -2.24. The average Bonchev–Trinajstić information content (AvgIpc) is 2.97. The van der Waals surface area contributed by atoms with E-state index in [1.807, 2.05) is 4.58 Å². The van der Waals surface area contributed by atoms with Crippen LogP contribution in [0, 0.1) is 19.7 Å². The summed E-state index contributed by atoms with van der Waals surface area (Å²) in [6, 6.07) is 11.0. The summed E-state index contributed by atoms with van der Waals surface area (Å²) in [5.74, 6) is 0.991. The standard InChI is InChI=1S/C21H24FN2O2S/c1-14-5-6-15(2)19(11-14)23-13-21(25,24-9-4-10-27-20(23)24)17-8-7-16(26-3)12-18(17)22/h5-8,11-12,25H,4,9-10,13H2,1-3H3/q+1/t21-/m1/s1. The van der Waals surface area contributed by atoms with Crippen LogP contribution in [0.5, 0.6) is 5.75 Å². The zero-order valence-electron chi connectivity index (χ0n) is 15.8. The van der Waals surface area contributed by atoms with Crippen LogP contribution in [0.15, 0.2) is 36.4 Å². The van der Waals surface area contributed by atoms with E-state index in [4.69, 9.17) is 4.74 Å². The lowest BCUT2D eigenvalue weighted by molar-refractivity contribution is -0.657. The van der Waals surface area contributed by atoms with Crippen molar-refractivity contribution in [1.29, 1.82) is 0 Å². The van der Waals surface area contributed by atoms with Crippen LogP contribution >= 0.6 is 11.8 Å². The number of aliphatic hydroxyl groups is 1. The maximum absolute atomic E-state index is 14.9. The number of amidine groups is 1. The quantitative estimate of drug-likeness (QED) is 0.816. The molecule has 0 radical (unpaired) electrons. The minimum Gasteiger partial charge on any atom is -0.497 e. The van der Waals surface area contributed by atoms with Crippen LogP contribution in [0.4, 0.5) is 10.1 Å². The number of aryl methyl sites for hydroxylation is 2. The van der Waals surface area contributed by atoms with E-state index in [-0.39, 0.29) is 5.56 Å². The number of rotatable bonds is 3. The van der Waals surface area contributed by atoms with Crippen molar-refractivity contribution in [2.24, 2.45) is 0 Å². The molecule has 2 aliphatic rings. The van der Waals surface area contributed by atoms with Gasteiger partial charge in [0, 0.05) is 11.8 Å². The largest absolute Gasteiger partial charge is 0.497 e. The zero-order valence-corrected chi connectivity index (χ0v) is 16.6. The number of thioether (sulfide) groups is 1. The first-order valence-electron chi connectivity index (χ1n) is 9.12. The molecule has 4 rings (SSSR count). The van der Waals surface area contributed by atoms with Crippen molar-refractivity contribution in [2.75, 3.05) is 30.9 Å². The minimum atomic E-state index is -1.41. The SMILES string of the molecule is COc1ccc([C@]2(O)CN(c3cc(C)ccc3C)C3=[N+]2CCCS3)c(F)c1. The number of benzene rings is 2. The molecule has 0 bridgehead atoms. The van der Waals surface area contributed by atoms with Crippen molar-refractivity contribution in [2.45, 2.75) is 26.0 Å². The summed E-state index contributed by atoms with van der Waals surface area (Å²) in [4.78, 5) is 2.13. The van der Waals surface area contributed by atoms with Gasteiger partial charge in [0.05, 0.1) is 19.2 Å². The molecule has 1 atom stereocenters. The van der Waals surface area contributed by atoms with Gasteiger partial charge in [-0.2, -0.15) is 0 Å². The Bertz CT molecular complexity index is 930. The first-order chi connectivity index (χ1) is 12.9. The van der Waals surface area contributed by atoms with Crippen molar-refractivity contribution in [3.63, 3.8) is 0 Å². The minimum absolute atomic E-state index is 0.288. The fourth-order valence-electron chi connectivity index (χ4n) is 3.88. The molecular weight excluding hydrogens is 363 g/mol. The lowest BCUT2D eigenvalue weighted by Crippen LogP contribution is -2.42. The van der Waals surface area contributed by atoms with Gasteiger partial charge in [-0.15, -0.1) is 0 Å². The lowest BCUT2D eigenvalue weighted by atomic mass is 10.0. The number of β-amino-alcohol motifs (C(OH)–C–C–N with tert-alkyl or cyclic N) is 1. The van der Waals surface area contributed by atoms with E-state index in [2.05, 4.69) is 36.9 Å². The monoisotopic (exact) mass is 387 g/mol. The molecule has 0 spiro atoms. The predicted molar refractivity (Wildman–Crippen MR) is 107 cm³/mol. The highest BCUT2D eigenvalue weighted by Crippen LogP contribution is 2.40. The van der Waals surface area contributed by atoms with Crippen LogP contribution in [0.3, 0.4) is 0 Å². The van der Waals surface area contributed by atoms with E-state index >= 15 is 0 Å². The van der Waals surface area contributed by atoms with Gasteiger partial charge in [-0.25, -0.2) is 13.9 Å². The van der Waals surface area contributed by atoms with E-state index in [0.717, 1.165) is 34.2 Å². The maximum Gasteiger partial charge on any atom is 0.316 e. The van der Waals surface area contributed by atoms with Crippen molar-refractivity contribution in [1.82, 2.24) is 0 Å². The topological polar surface area (TPSA) is 35.7 Å². The van der Waals surface area contributed by atoms with E-state index in [0.29, 0.717) is 18.8 Å². The van der Waals surface area contributed by atoms with Crippen molar-refractivity contribution in [3.05, 3.63) is 58.9 Å². The number of anilines is 1. The third-order valence-corrected chi connectivity index (χ3v) is 6.50. The summed E-state index contributed by atoms with van der Waals surface area (Å²) >= 11 is 1.72. The van der Waals surface area contributed by atoms with Gasteiger partial charge in [0.1, 0.15) is 17.3 Å². The van der Waals surface area contributed by atoms with Gasteiger partial charge in [-0.1, -0.05) is 12.1 Å². The van der Waals surface area contributed by atoms with Gasteiger partial charge in [0.2, 0.25) is 0 Å². The summed E-state index contributed by atoms with van der Waals surface area (Å²) in [7, 11) is 1.51. The summed E-state index contributed by atoms with van der Waals surface area (Å²) in [5.41, 5.74) is 2.24. The van der Waals surface area contributed by atoms with E-state index in [9.17, 15) is 9.50 Å². The Morgan fingerprint density at radius 1 is 1.22 bits per heavy atom. The predicted octanol–water partition coefficient (Wildman–Crippen LogP) is 3.62. The van der Waals surface area contributed by atoms with E-state index in [1.165, 1.54) is 13.2 Å². The van der Waals surface area contributed by atoms with Crippen LogP contribution < -0.4 is 9.64 Å². The fraction of sp³-hybridized carbons (Fsp3) is 0.381. The fourth-order valence-corrected chi connectivity index (χ4v) is 5.05. The third-order valence-electron chi connectivity index (χ3n) is 5.31. The molecule has 0 unspecified atom stereocenters. The van der Waals surface area contributed by atoms with E-state index < -0.39 is 11.5 Å². The molecule has 0 saturated carbocycles. The first-order valence-corrected chi connectivity index (χ1v) is 10.1. The molecule has 4 nitrogen and oxygen atoms in total. The summed E-state index contributed by atoms with van der Waals surface area (Å²) in [5, 5.41) is 12.7. The van der Waals surface area contributed by atoms with Gasteiger partial charge < -0.3 is 9.84 Å². The Morgan fingerprint density at radius 2 is 2.04 bits per heavy atom. The van der Waals surface area contributed by atoms with Crippen LogP contribution in [0.1, 0.15) is 23.1 Å². The number of hydrogen-bond donors (Lipinski definition) is 1. The summed E-state index contributed by atoms with van der Waals surface area (Å²) in [6.45, 7) is 5.12. The molecule has 0 amide bonds. The van der Waals surface area contributed by atoms with Gasteiger partial charge in [-0.3, -0.25) is 0 Å². The highest BCUT2D eigenvalue weighted by atomic mass is 32.2. The summed E-state index contributed by atoms with van der Waals surface area (Å²) < 4.78 is 21.9. The number of methoxy groups -OCH3 is 1. The Kier molecular flexibility index (Phi) is 4.64. The molecule has 0 fully saturated rings. The van der Waals surface area contributed by atoms with Gasteiger partial charge in [0.25, 0.3) is 5.72 Å². The molecule has 27 heavy (non-hydrogen) atoms. The van der Waals surface area contributed by atoms with Crippen LogP contribution in [0.25, 0.3) is 0 Å². The second-order valence-corrected chi connectivity index (χ2v) is 8.24. The number of ether oxygens (including phenoxy) is 1. The number of nitrogens with zero attached hydrogens (tertiary/aromatic N) is 2. The number of halogens is 1. The molecule has 0 aromatic heterocycles. The maximum atomic E-state index is 14.9. The molecule has 0 aliphatic carbocycles. The number of hydrogen-bond acceptors (Lipinski definition) is 4. The smallest absolute Gasteiger partial charge is 0.316 e. The second-order valence-electron chi connectivity index (χ2n) is 7.17. The average molecular weight is 388 g/mol. The molecule has 6 heteroatoms. The molecule has 0 saturated heterocycles. The van der Waals surface area contributed by atoms with Gasteiger partial charge in [-0.05, 0) is 61.4 Å². The van der Waals surface area contributed by atoms with Crippen LogP contribution in [0.2, 0.25) is 0 Å². The Hall–Kier alpha value is -2.05. The zero-order chi connectivity index (χ0) is 19.2. The molecule has 2 aromatic carbocycles. The van der Waals surface area contributed by atoms with Crippen LogP contribution in [-0.4, -0.2) is 40.8 Å². The summed E-state index contributed by atoms with van der Waals surface area (Å²) in [6.07, 6.45) is 0.953. The van der Waals surface area contributed by atoms with Crippen molar-refractivity contribution in [3.8, 4) is 5.75 Å². The van der Waals surface area contributed by atoms with E-state index in [1.54, 1.807) is 23.9 Å². The Morgan fingerprint density at radius 3 is 2.78 bits per heavy atom. The molecule has 2 aliphatic heterocycles.